The molecule has 1 N–H and O–H groups in total. The van der Waals surface area contributed by atoms with Gasteiger partial charge < -0.3 is 14.5 Å². The van der Waals surface area contributed by atoms with Gasteiger partial charge in [-0.25, -0.2) is 8.78 Å². The number of aliphatic hydroxyl groups excluding tert-OH is 1. The van der Waals surface area contributed by atoms with Gasteiger partial charge in [0, 0.05) is 24.1 Å². The SMILES string of the molecule is CC(C)C(O)C(=O)N1CCc2onc(-c3ccc(F)c(F)c3)c2C1. The molecule has 5 nitrogen and oxygen atoms in total. The minimum absolute atomic E-state index is 0.188. The van der Waals surface area contributed by atoms with Crippen molar-refractivity contribution in [2.45, 2.75) is 32.9 Å². The van der Waals surface area contributed by atoms with Crippen molar-refractivity contribution in [2.24, 2.45) is 5.92 Å². The number of aromatic nitrogens is 1. The Balaban J connectivity index is 1.90. The number of hydrogen-bond acceptors (Lipinski definition) is 4. The Kier molecular flexibility index (Phi) is 4.36. The van der Waals surface area contributed by atoms with Crippen molar-refractivity contribution >= 4 is 5.91 Å². The molecule has 1 amide bonds. The van der Waals surface area contributed by atoms with Crippen LogP contribution in [0, 0.1) is 17.6 Å². The summed E-state index contributed by atoms with van der Waals surface area (Å²) in [4.78, 5) is 13.9. The lowest BCUT2D eigenvalue weighted by atomic mass is 9.99. The zero-order chi connectivity index (χ0) is 17.4. The molecule has 0 saturated carbocycles. The van der Waals surface area contributed by atoms with E-state index in [1.54, 1.807) is 13.8 Å². The van der Waals surface area contributed by atoms with E-state index in [9.17, 15) is 18.7 Å². The number of nitrogens with zero attached hydrogens (tertiary/aromatic N) is 2. The van der Waals surface area contributed by atoms with Gasteiger partial charge in [-0.2, -0.15) is 0 Å². The highest BCUT2D eigenvalue weighted by atomic mass is 19.2. The van der Waals surface area contributed by atoms with Crippen LogP contribution in [0.2, 0.25) is 0 Å². The number of amides is 1. The summed E-state index contributed by atoms with van der Waals surface area (Å²) in [7, 11) is 0. The number of halogens is 2. The first-order valence-electron chi connectivity index (χ1n) is 7.78. The largest absolute Gasteiger partial charge is 0.383 e. The van der Waals surface area contributed by atoms with Crippen molar-refractivity contribution in [2.75, 3.05) is 6.54 Å². The molecule has 0 bridgehead atoms. The minimum Gasteiger partial charge on any atom is -0.383 e. The summed E-state index contributed by atoms with van der Waals surface area (Å²) in [6, 6.07) is 3.50. The summed E-state index contributed by atoms with van der Waals surface area (Å²) in [6.07, 6.45) is -0.610. The topological polar surface area (TPSA) is 66.6 Å². The van der Waals surface area contributed by atoms with Crippen LogP contribution in [-0.2, 0) is 17.8 Å². The number of fused-ring (bicyclic) bond motifs is 1. The molecule has 128 valence electrons. The molecule has 7 heteroatoms. The molecule has 24 heavy (non-hydrogen) atoms. The molecule has 3 rings (SSSR count). The first-order chi connectivity index (χ1) is 11.4. The second-order valence-corrected chi connectivity index (χ2v) is 6.26. The lowest BCUT2D eigenvalue weighted by molar-refractivity contribution is -0.143. The Labute approximate surface area is 137 Å². The molecule has 1 atom stereocenters. The van der Waals surface area contributed by atoms with E-state index >= 15 is 0 Å². The Hall–Kier alpha value is -2.28. The second-order valence-electron chi connectivity index (χ2n) is 6.26. The fraction of sp³-hybridized carbons (Fsp3) is 0.412. The third-order valence-electron chi connectivity index (χ3n) is 4.22. The smallest absolute Gasteiger partial charge is 0.251 e. The fourth-order valence-electron chi connectivity index (χ4n) is 2.74. The molecule has 1 aliphatic rings. The summed E-state index contributed by atoms with van der Waals surface area (Å²) in [6.45, 7) is 4.17. The highest BCUT2D eigenvalue weighted by Crippen LogP contribution is 2.31. The number of carbonyl (C=O) groups excluding carboxylic acids is 1. The van der Waals surface area contributed by atoms with Gasteiger partial charge in [0.2, 0.25) is 0 Å². The summed E-state index contributed by atoms with van der Waals surface area (Å²) < 4.78 is 31.9. The molecule has 1 aromatic carbocycles. The van der Waals surface area contributed by atoms with Crippen LogP contribution < -0.4 is 0 Å². The van der Waals surface area contributed by atoms with E-state index in [0.717, 1.165) is 12.1 Å². The quantitative estimate of drug-likeness (QED) is 0.935. The van der Waals surface area contributed by atoms with E-state index in [1.165, 1.54) is 11.0 Å². The molecule has 0 fully saturated rings. The normalized spacial score (nSPS) is 15.5. The maximum Gasteiger partial charge on any atom is 0.251 e. The number of benzene rings is 1. The van der Waals surface area contributed by atoms with E-state index in [-0.39, 0.29) is 18.4 Å². The van der Waals surface area contributed by atoms with Gasteiger partial charge in [0.15, 0.2) is 11.6 Å². The number of rotatable bonds is 3. The Bertz CT molecular complexity index is 773. The van der Waals surface area contributed by atoms with E-state index in [4.69, 9.17) is 4.52 Å². The van der Waals surface area contributed by atoms with Gasteiger partial charge in [0.05, 0.1) is 6.54 Å². The lowest BCUT2D eigenvalue weighted by Crippen LogP contribution is -2.43. The standard InChI is InChI=1S/C17H18F2N2O3/c1-9(2)16(22)17(23)21-6-5-14-11(8-21)15(20-24-14)10-3-4-12(18)13(19)7-10/h3-4,7,9,16,22H,5-6,8H2,1-2H3. The van der Waals surface area contributed by atoms with E-state index < -0.39 is 17.7 Å². The maximum absolute atomic E-state index is 13.5. The second kappa shape index (κ2) is 6.32. The molecule has 0 radical (unpaired) electrons. The molecule has 1 aromatic heterocycles. The van der Waals surface area contributed by atoms with Gasteiger partial charge in [-0.05, 0) is 24.1 Å². The van der Waals surface area contributed by atoms with Crippen molar-refractivity contribution in [3.63, 3.8) is 0 Å². The molecule has 1 unspecified atom stereocenters. The van der Waals surface area contributed by atoms with Crippen molar-refractivity contribution in [3.05, 3.63) is 41.2 Å². The molecule has 0 spiro atoms. The van der Waals surface area contributed by atoms with Crippen molar-refractivity contribution in [3.8, 4) is 11.3 Å². The first-order valence-corrected chi connectivity index (χ1v) is 7.78. The van der Waals surface area contributed by atoms with Crippen LogP contribution in [0.1, 0.15) is 25.2 Å². The van der Waals surface area contributed by atoms with Crippen molar-refractivity contribution < 1.29 is 23.2 Å². The van der Waals surface area contributed by atoms with Crippen molar-refractivity contribution in [1.29, 1.82) is 0 Å². The number of carbonyl (C=O) groups is 1. The van der Waals surface area contributed by atoms with Crippen LogP contribution in [0.4, 0.5) is 8.78 Å². The van der Waals surface area contributed by atoms with E-state index in [2.05, 4.69) is 5.16 Å². The molecule has 2 heterocycles. The van der Waals surface area contributed by atoms with Gasteiger partial charge in [0.1, 0.15) is 17.6 Å². The third kappa shape index (κ3) is 2.91. The monoisotopic (exact) mass is 336 g/mol. The van der Waals surface area contributed by atoms with Crippen LogP contribution in [0.5, 0.6) is 0 Å². The molecular formula is C17H18F2N2O3. The van der Waals surface area contributed by atoms with E-state index in [1.807, 2.05) is 0 Å². The summed E-state index contributed by atoms with van der Waals surface area (Å²) in [5.41, 5.74) is 1.44. The number of aliphatic hydroxyl groups is 1. The molecule has 0 saturated heterocycles. The molecular weight excluding hydrogens is 318 g/mol. The zero-order valence-electron chi connectivity index (χ0n) is 13.4. The van der Waals surface area contributed by atoms with E-state index in [0.29, 0.717) is 35.5 Å². The molecule has 1 aliphatic heterocycles. The third-order valence-corrected chi connectivity index (χ3v) is 4.22. The van der Waals surface area contributed by atoms with Crippen molar-refractivity contribution in [1.82, 2.24) is 10.1 Å². The highest BCUT2D eigenvalue weighted by molar-refractivity contribution is 5.81. The van der Waals surface area contributed by atoms with Crippen LogP contribution in [0.3, 0.4) is 0 Å². The lowest BCUT2D eigenvalue weighted by Gasteiger charge is -2.29. The summed E-state index contributed by atoms with van der Waals surface area (Å²) in [5.74, 6) is -1.82. The summed E-state index contributed by atoms with van der Waals surface area (Å²) >= 11 is 0. The average molecular weight is 336 g/mol. The average Bonchev–Trinajstić information content (AvgIpc) is 2.99. The van der Waals surface area contributed by atoms with Crippen LogP contribution in [0.25, 0.3) is 11.3 Å². The van der Waals surface area contributed by atoms with Crippen LogP contribution in [0.15, 0.2) is 22.7 Å². The van der Waals surface area contributed by atoms with Gasteiger partial charge in [-0.15, -0.1) is 0 Å². The minimum atomic E-state index is -1.07. The predicted molar refractivity (Wildman–Crippen MR) is 81.8 cm³/mol. The maximum atomic E-state index is 13.5. The Morgan fingerprint density at radius 2 is 2.08 bits per heavy atom. The Morgan fingerprint density at radius 1 is 1.33 bits per heavy atom. The van der Waals surface area contributed by atoms with Crippen LogP contribution >= 0.6 is 0 Å². The van der Waals surface area contributed by atoms with Gasteiger partial charge in [-0.1, -0.05) is 19.0 Å². The zero-order valence-corrected chi connectivity index (χ0v) is 13.4. The highest BCUT2D eigenvalue weighted by Gasteiger charge is 2.31. The number of hydrogen-bond donors (Lipinski definition) is 1. The van der Waals surface area contributed by atoms with Gasteiger partial charge in [0.25, 0.3) is 5.91 Å². The first kappa shape index (κ1) is 16.6. The summed E-state index contributed by atoms with van der Waals surface area (Å²) in [5, 5.41) is 13.9. The fourth-order valence-corrected chi connectivity index (χ4v) is 2.74. The molecule has 0 aliphatic carbocycles. The Morgan fingerprint density at radius 3 is 2.75 bits per heavy atom. The van der Waals surface area contributed by atoms with Gasteiger partial charge in [-0.3, -0.25) is 4.79 Å². The molecule has 2 aromatic rings. The van der Waals surface area contributed by atoms with Gasteiger partial charge >= 0.3 is 0 Å². The van der Waals surface area contributed by atoms with Crippen LogP contribution in [-0.4, -0.2) is 33.7 Å². The predicted octanol–water partition coefficient (Wildman–Crippen LogP) is 2.52.